The largest absolute Gasteiger partial charge is 0.396 e. The van der Waals surface area contributed by atoms with E-state index in [1.54, 1.807) is 17.0 Å². The first-order valence-electron chi connectivity index (χ1n) is 6.10. The maximum Gasteiger partial charge on any atom is 0.225 e. The van der Waals surface area contributed by atoms with Gasteiger partial charge in [-0.05, 0) is 12.1 Å². The number of carbonyl (C=O) groups is 1. The van der Waals surface area contributed by atoms with E-state index in [1.165, 1.54) is 6.07 Å². The molecule has 1 aliphatic heterocycles. The standard InChI is InChI=1S/C13H17FN2O2/c14-11-3-1-2-4-12(11)15-6-8-16(9-7-15)13(18)5-10-17/h1-4,17H,5-10H2. The second kappa shape index (κ2) is 5.82. The number of aliphatic hydroxyl groups excluding tert-OH is 1. The fraction of sp³-hybridized carbons (Fsp3) is 0.462. The highest BCUT2D eigenvalue weighted by Crippen LogP contribution is 2.20. The normalized spacial score (nSPS) is 15.9. The highest BCUT2D eigenvalue weighted by Gasteiger charge is 2.21. The van der Waals surface area contributed by atoms with Gasteiger partial charge in [0.05, 0.1) is 12.3 Å². The highest BCUT2D eigenvalue weighted by molar-refractivity contribution is 5.76. The van der Waals surface area contributed by atoms with Crippen molar-refractivity contribution in [2.24, 2.45) is 0 Å². The summed E-state index contributed by atoms with van der Waals surface area (Å²) in [5.74, 6) is -0.265. The lowest BCUT2D eigenvalue weighted by atomic mass is 10.2. The molecule has 4 nitrogen and oxygen atoms in total. The zero-order valence-electron chi connectivity index (χ0n) is 10.2. The molecule has 1 amide bonds. The molecule has 1 aromatic carbocycles. The first-order chi connectivity index (χ1) is 8.72. The summed E-state index contributed by atoms with van der Waals surface area (Å²) in [5.41, 5.74) is 0.590. The number of piperazine rings is 1. The summed E-state index contributed by atoms with van der Waals surface area (Å²) in [7, 11) is 0. The first kappa shape index (κ1) is 12.8. The number of halogens is 1. The zero-order chi connectivity index (χ0) is 13.0. The third-order valence-electron chi connectivity index (χ3n) is 3.15. The monoisotopic (exact) mass is 252 g/mol. The van der Waals surface area contributed by atoms with Crippen LogP contribution in [-0.4, -0.2) is 48.7 Å². The predicted molar refractivity (Wildman–Crippen MR) is 66.9 cm³/mol. The van der Waals surface area contributed by atoms with Gasteiger partial charge in [0.2, 0.25) is 5.91 Å². The Morgan fingerprint density at radius 1 is 1.22 bits per heavy atom. The van der Waals surface area contributed by atoms with E-state index in [4.69, 9.17) is 5.11 Å². The summed E-state index contributed by atoms with van der Waals surface area (Å²) in [4.78, 5) is 15.2. The molecule has 1 heterocycles. The number of benzene rings is 1. The number of para-hydroxylation sites is 1. The van der Waals surface area contributed by atoms with Crippen LogP contribution in [0.5, 0.6) is 0 Å². The van der Waals surface area contributed by atoms with Crippen LogP contribution >= 0.6 is 0 Å². The molecule has 0 radical (unpaired) electrons. The Morgan fingerprint density at radius 2 is 1.89 bits per heavy atom. The van der Waals surface area contributed by atoms with Gasteiger partial charge in [0.1, 0.15) is 5.82 Å². The molecule has 0 aliphatic carbocycles. The number of rotatable bonds is 3. The smallest absolute Gasteiger partial charge is 0.225 e. The van der Waals surface area contributed by atoms with Crippen molar-refractivity contribution in [3.8, 4) is 0 Å². The van der Waals surface area contributed by atoms with Crippen molar-refractivity contribution in [1.29, 1.82) is 0 Å². The van der Waals surface area contributed by atoms with E-state index in [-0.39, 0.29) is 24.8 Å². The van der Waals surface area contributed by atoms with Gasteiger partial charge in [-0.25, -0.2) is 4.39 Å². The minimum absolute atomic E-state index is 0.0364. The van der Waals surface area contributed by atoms with Gasteiger partial charge in [-0.2, -0.15) is 0 Å². The predicted octanol–water partition coefficient (Wildman–Crippen LogP) is 0.857. The van der Waals surface area contributed by atoms with Crippen molar-refractivity contribution in [2.75, 3.05) is 37.7 Å². The second-order valence-electron chi connectivity index (χ2n) is 4.29. The topological polar surface area (TPSA) is 43.8 Å². The van der Waals surface area contributed by atoms with Gasteiger partial charge in [-0.1, -0.05) is 12.1 Å². The molecule has 1 aromatic rings. The average molecular weight is 252 g/mol. The molecule has 1 saturated heterocycles. The number of carbonyl (C=O) groups excluding carboxylic acids is 1. The summed E-state index contributed by atoms with van der Waals surface area (Å²) in [6, 6.07) is 6.67. The fourth-order valence-corrected chi connectivity index (χ4v) is 2.16. The maximum absolute atomic E-state index is 13.6. The van der Waals surface area contributed by atoms with Crippen molar-refractivity contribution in [3.05, 3.63) is 30.1 Å². The SMILES string of the molecule is O=C(CCO)N1CCN(c2ccccc2F)CC1. The van der Waals surface area contributed by atoms with E-state index >= 15 is 0 Å². The van der Waals surface area contributed by atoms with Crippen LogP contribution in [0.4, 0.5) is 10.1 Å². The number of aliphatic hydroxyl groups is 1. The van der Waals surface area contributed by atoms with E-state index in [0.717, 1.165) is 0 Å². The maximum atomic E-state index is 13.6. The third-order valence-corrected chi connectivity index (χ3v) is 3.15. The number of anilines is 1. The summed E-state index contributed by atoms with van der Waals surface area (Å²) >= 11 is 0. The van der Waals surface area contributed by atoms with Crippen LogP contribution in [0.2, 0.25) is 0 Å². The molecular weight excluding hydrogens is 235 g/mol. The number of amides is 1. The molecule has 2 rings (SSSR count). The van der Waals surface area contributed by atoms with E-state index in [2.05, 4.69) is 0 Å². The lowest BCUT2D eigenvalue weighted by molar-refractivity contribution is -0.132. The second-order valence-corrected chi connectivity index (χ2v) is 4.29. The van der Waals surface area contributed by atoms with Gasteiger partial charge < -0.3 is 14.9 Å². The minimum atomic E-state index is -0.229. The van der Waals surface area contributed by atoms with E-state index < -0.39 is 0 Å². The molecule has 1 aliphatic rings. The van der Waals surface area contributed by atoms with Gasteiger partial charge >= 0.3 is 0 Å². The van der Waals surface area contributed by atoms with Gasteiger partial charge in [-0.15, -0.1) is 0 Å². The fourth-order valence-electron chi connectivity index (χ4n) is 2.16. The molecule has 1 N–H and O–H groups in total. The molecule has 18 heavy (non-hydrogen) atoms. The molecule has 98 valence electrons. The quantitative estimate of drug-likeness (QED) is 0.867. The van der Waals surface area contributed by atoms with Gasteiger partial charge in [0.25, 0.3) is 0 Å². The van der Waals surface area contributed by atoms with Crippen molar-refractivity contribution < 1.29 is 14.3 Å². The third kappa shape index (κ3) is 2.79. The Morgan fingerprint density at radius 3 is 2.50 bits per heavy atom. The molecule has 0 aromatic heterocycles. The Balaban J connectivity index is 1.95. The van der Waals surface area contributed by atoms with E-state index in [1.807, 2.05) is 11.0 Å². The molecule has 0 unspecified atom stereocenters. The van der Waals surface area contributed by atoms with Crippen LogP contribution < -0.4 is 4.90 Å². The number of nitrogens with zero attached hydrogens (tertiary/aromatic N) is 2. The van der Waals surface area contributed by atoms with Gasteiger partial charge in [-0.3, -0.25) is 4.79 Å². The Bertz CT molecular complexity index is 417. The minimum Gasteiger partial charge on any atom is -0.396 e. The van der Waals surface area contributed by atoms with Crippen LogP contribution in [0, 0.1) is 5.82 Å². The van der Waals surface area contributed by atoms with Gasteiger partial charge in [0.15, 0.2) is 0 Å². The van der Waals surface area contributed by atoms with E-state index in [9.17, 15) is 9.18 Å². The molecule has 1 fully saturated rings. The van der Waals surface area contributed by atoms with Crippen LogP contribution in [0.3, 0.4) is 0 Å². The Labute approximate surface area is 106 Å². The Hall–Kier alpha value is -1.62. The van der Waals surface area contributed by atoms with Crippen molar-refractivity contribution in [2.45, 2.75) is 6.42 Å². The summed E-state index contributed by atoms with van der Waals surface area (Å²) in [6.45, 7) is 2.28. The molecular formula is C13H17FN2O2. The average Bonchev–Trinajstić information content (AvgIpc) is 2.40. The first-order valence-corrected chi connectivity index (χ1v) is 6.10. The van der Waals surface area contributed by atoms with Gasteiger partial charge in [0, 0.05) is 32.6 Å². The van der Waals surface area contributed by atoms with Crippen molar-refractivity contribution in [3.63, 3.8) is 0 Å². The van der Waals surface area contributed by atoms with Crippen LogP contribution in [0.15, 0.2) is 24.3 Å². The van der Waals surface area contributed by atoms with Crippen molar-refractivity contribution >= 4 is 11.6 Å². The lowest BCUT2D eigenvalue weighted by Crippen LogP contribution is -2.49. The summed E-state index contributed by atoms with van der Waals surface area (Å²) in [5, 5.41) is 8.73. The van der Waals surface area contributed by atoms with Crippen molar-refractivity contribution in [1.82, 2.24) is 4.90 Å². The molecule has 5 heteroatoms. The molecule has 0 bridgehead atoms. The molecule has 0 spiro atoms. The molecule has 0 atom stereocenters. The summed E-state index contributed by atoms with van der Waals surface area (Å²) in [6.07, 6.45) is 0.166. The number of hydrogen-bond acceptors (Lipinski definition) is 3. The highest BCUT2D eigenvalue weighted by atomic mass is 19.1. The zero-order valence-corrected chi connectivity index (χ0v) is 10.2. The lowest BCUT2D eigenvalue weighted by Gasteiger charge is -2.36. The van der Waals surface area contributed by atoms with Crippen LogP contribution in [0.1, 0.15) is 6.42 Å². The van der Waals surface area contributed by atoms with Crippen LogP contribution in [0.25, 0.3) is 0 Å². The van der Waals surface area contributed by atoms with E-state index in [0.29, 0.717) is 31.9 Å². The van der Waals surface area contributed by atoms with Crippen LogP contribution in [-0.2, 0) is 4.79 Å². The summed E-state index contributed by atoms with van der Waals surface area (Å²) < 4.78 is 13.6. The Kier molecular flexibility index (Phi) is 4.15. The number of hydrogen-bond donors (Lipinski definition) is 1. The molecule has 0 saturated carbocycles.